The maximum Gasteiger partial charge on any atom is 0.248 e. The maximum absolute atomic E-state index is 13.5. The van der Waals surface area contributed by atoms with Crippen molar-refractivity contribution in [3.05, 3.63) is 102 Å². The molecule has 0 spiro atoms. The molecule has 0 fully saturated rings. The van der Waals surface area contributed by atoms with Crippen LogP contribution in [-0.2, 0) is 11.4 Å². The van der Waals surface area contributed by atoms with Gasteiger partial charge in [0.1, 0.15) is 24.0 Å². The van der Waals surface area contributed by atoms with Crippen LogP contribution in [0.4, 0.5) is 14.5 Å². The summed E-state index contributed by atoms with van der Waals surface area (Å²) < 4.78 is 32.3. The van der Waals surface area contributed by atoms with Crippen molar-refractivity contribution in [3.63, 3.8) is 0 Å². The van der Waals surface area contributed by atoms with Gasteiger partial charge in [0.2, 0.25) is 5.91 Å². The smallest absolute Gasteiger partial charge is 0.248 e. The van der Waals surface area contributed by atoms with Crippen LogP contribution < -0.4 is 10.1 Å². The van der Waals surface area contributed by atoms with Crippen LogP contribution in [-0.4, -0.2) is 5.91 Å². The molecule has 136 valence electrons. The van der Waals surface area contributed by atoms with Crippen LogP contribution in [0.1, 0.15) is 11.1 Å². The molecule has 0 aliphatic carbocycles. The number of nitrogens with one attached hydrogen (secondary N) is 1. The summed E-state index contributed by atoms with van der Waals surface area (Å²) in [6.07, 6.45) is 2.83. The van der Waals surface area contributed by atoms with Gasteiger partial charge in [0, 0.05) is 12.1 Å². The van der Waals surface area contributed by atoms with E-state index in [4.69, 9.17) is 4.74 Å². The Morgan fingerprint density at radius 3 is 2.44 bits per heavy atom. The number of benzene rings is 3. The number of halogens is 2. The molecule has 0 aliphatic rings. The molecule has 0 radical (unpaired) electrons. The van der Waals surface area contributed by atoms with E-state index in [1.54, 1.807) is 30.3 Å². The Morgan fingerprint density at radius 1 is 0.963 bits per heavy atom. The van der Waals surface area contributed by atoms with E-state index in [-0.39, 0.29) is 5.69 Å². The molecule has 3 nitrogen and oxygen atoms in total. The monoisotopic (exact) mass is 365 g/mol. The lowest BCUT2D eigenvalue weighted by Gasteiger charge is -2.06. The average molecular weight is 365 g/mol. The SMILES string of the molecule is O=C(/C=C/c1ccc(OCc2ccccc2)cc1)Nc1cc(F)ccc1F. The molecule has 0 saturated heterocycles. The van der Waals surface area contributed by atoms with Crippen LogP contribution >= 0.6 is 0 Å². The van der Waals surface area contributed by atoms with Gasteiger partial charge in [-0.05, 0) is 41.5 Å². The topological polar surface area (TPSA) is 38.3 Å². The number of anilines is 1. The number of hydrogen-bond acceptors (Lipinski definition) is 2. The molecule has 0 aliphatic heterocycles. The summed E-state index contributed by atoms with van der Waals surface area (Å²) in [4.78, 5) is 11.9. The van der Waals surface area contributed by atoms with Crippen molar-refractivity contribution in [2.45, 2.75) is 6.61 Å². The Bertz CT molecular complexity index is 938. The number of amides is 1. The fraction of sp³-hybridized carbons (Fsp3) is 0.0455. The van der Waals surface area contributed by atoms with Crippen LogP contribution in [0.5, 0.6) is 5.75 Å². The quantitative estimate of drug-likeness (QED) is 0.610. The van der Waals surface area contributed by atoms with Gasteiger partial charge in [0.05, 0.1) is 5.69 Å². The van der Waals surface area contributed by atoms with Gasteiger partial charge in [0.15, 0.2) is 0 Å². The summed E-state index contributed by atoms with van der Waals surface area (Å²) in [7, 11) is 0. The first-order chi connectivity index (χ1) is 13.1. The molecule has 0 atom stereocenters. The van der Waals surface area contributed by atoms with Gasteiger partial charge in [0.25, 0.3) is 0 Å². The van der Waals surface area contributed by atoms with E-state index in [9.17, 15) is 13.6 Å². The molecule has 1 amide bonds. The van der Waals surface area contributed by atoms with Crippen LogP contribution in [0.3, 0.4) is 0 Å². The minimum absolute atomic E-state index is 0.200. The molecule has 27 heavy (non-hydrogen) atoms. The molecule has 0 bridgehead atoms. The van der Waals surface area contributed by atoms with Crippen LogP contribution in [0.15, 0.2) is 78.9 Å². The zero-order valence-corrected chi connectivity index (χ0v) is 14.4. The molecule has 0 unspecified atom stereocenters. The Morgan fingerprint density at radius 2 is 1.70 bits per heavy atom. The Balaban J connectivity index is 1.55. The highest BCUT2D eigenvalue weighted by molar-refractivity contribution is 6.02. The molecular formula is C22H17F2NO2. The third kappa shape index (κ3) is 5.51. The van der Waals surface area contributed by atoms with Crippen molar-refractivity contribution in [1.29, 1.82) is 0 Å². The Hall–Kier alpha value is -3.47. The lowest BCUT2D eigenvalue weighted by atomic mass is 10.2. The van der Waals surface area contributed by atoms with E-state index in [1.165, 1.54) is 6.08 Å². The highest BCUT2D eigenvalue weighted by Gasteiger charge is 2.06. The van der Waals surface area contributed by atoms with Gasteiger partial charge in [-0.1, -0.05) is 42.5 Å². The molecular weight excluding hydrogens is 348 g/mol. The Labute approximate surface area is 155 Å². The minimum Gasteiger partial charge on any atom is -0.489 e. The summed E-state index contributed by atoms with van der Waals surface area (Å²) in [5.74, 6) is -1.16. The largest absolute Gasteiger partial charge is 0.489 e. The number of hydrogen-bond donors (Lipinski definition) is 1. The van der Waals surface area contributed by atoms with Gasteiger partial charge >= 0.3 is 0 Å². The molecule has 5 heteroatoms. The molecule has 0 heterocycles. The minimum atomic E-state index is -0.696. The molecule has 0 aromatic heterocycles. The lowest BCUT2D eigenvalue weighted by Crippen LogP contribution is -2.09. The van der Waals surface area contributed by atoms with E-state index < -0.39 is 17.5 Å². The van der Waals surface area contributed by atoms with E-state index >= 15 is 0 Å². The van der Waals surface area contributed by atoms with Gasteiger partial charge in [-0.25, -0.2) is 8.78 Å². The summed E-state index contributed by atoms with van der Waals surface area (Å²) in [5, 5.41) is 2.31. The van der Waals surface area contributed by atoms with E-state index in [2.05, 4.69) is 5.32 Å². The Kier molecular flexibility index (Phi) is 5.94. The van der Waals surface area contributed by atoms with Crippen LogP contribution in [0.2, 0.25) is 0 Å². The van der Waals surface area contributed by atoms with Crippen molar-refractivity contribution in [2.75, 3.05) is 5.32 Å². The van der Waals surface area contributed by atoms with Gasteiger partial charge in [-0.2, -0.15) is 0 Å². The third-order valence-electron chi connectivity index (χ3n) is 3.74. The zero-order valence-electron chi connectivity index (χ0n) is 14.4. The maximum atomic E-state index is 13.5. The van der Waals surface area contributed by atoms with Gasteiger partial charge < -0.3 is 10.1 Å². The molecule has 3 rings (SSSR count). The fourth-order valence-corrected chi connectivity index (χ4v) is 2.36. The molecule has 1 N–H and O–H groups in total. The van der Waals surface area contributed by atoms with E-state index in [1.807, 2.05) is 30.3 Å². The zero-order chi connectivity index (χ0) is 19.1. The second-order valence-corrected chi connectivity index (χ2v) is 5.79. The third-order valence-corrected chi connectivity index (χ3v) is 3.74. The standard InChI is InChI=1S/C22H17F2NO2/c23-18-9-12-20(24)21(14-18)25-22(26)13-8-16-6-10-19(11-7-16)27-15-17-4-2-1-3-5-17/h1-14H,15H2,(H,25,26)/b13-8+. The number of ether oxygens (including phenoxy) is 1. The molecule has 3 aromatic rings. The predicted molar refractivity (Wildman–Crippen MR) is 101 cm³/mol. The lowest BCUT2D eigenvalue weighted by molar-refractivity contribution is -0.111. The van der Waals surface area contributed by atoms with Crippen molar-refractivity contribution in [1.82, 2.24) is 0 Å². The first-order valence-corrected chi connectivity index (χ1v) is 8.31. The average Bonchev–Trinajstić information content (AvgIpc) is 2.69. The van der Waals surface area contributed by atoms with E-state index in [0.29, 0.717) is 12.4 Å². The first kappa shape index (κ1) is 18.3. The van der Waals surface area contributed by atoms with E-state index in [0.717, 1.165) is 29.3 Å². The van der Waals surface area contributed by atoms with Crippen LogP contribution in [0.25, 0.3) is 6.08 Å². The molecule has 3 aromatic carbocycles. The summed E-state index contributed by atoms with van der Waals surface area (Å²) in [5.41, 5.74) is 1.65. The highest BCUT2D eigenvalue weighted by Crippen LogP contribution is 2.17. The summed E-state index contributed by atoms with van der Waals surface area (Å²) >= 11 is 0. The summed E-state index contributed by atoms with van der Waals surface area (Å²) in [6, 6.07) is 19.9. The fourth-order valence-electron chi connectivity index (χ4n) is 2.36. The van der Waals surface area contributed by atoms with Crippen molar-refractivity contribution >= 4 is 17.7 Å². The summed E-state index contributed by atoms with van der Waals surface area (Å²) in [6.45, 7) is 0.470. The van der Waals surface area contributed by atoms with Gasteiger partial charge in [-0.15, -0.1) is 0 Å². The number of rotatable bonds is 6. The molecule has 0 saturated carbocycles. The predicted octanol–water partition coefficient (Wildman–Crippen LogP) is 5.20. The second-order valence-electron chi connectivity index (χ2n) is 5.79. The second kappa shape index (κ2) is 8.76. The van der Waals surface area contributed by atoms with Crippen molar-refractivity contribution in [3.8, 4) is 5.75 Å². The first-order valence-electron chi connectivity index (χ1n) is 8.31. The van der Waals surface area contributed by atoms with Crippen LogP contribution in [0, 0.1) is 11.6 Å². The normalized spacial score (nSPS) is 10.7. The van der Waals surface area contributed by atoms with Crippen molar-refractivity contribution in [2.24, 2.45) is 0 Å². The van der Waals surface area contributed by atoms with Crippen molar-refractivity contribution < 1.29 is 18.3 Å². The highest BCUT2D eigenvalue weighted by atomic mass is 19.1. The number of carbonyl (C=O) groups is 1. The number of carbonyl (C=O) groups excluding carboxylic acids is 1. The van der Waals surface area contributed by atoms with Gasteiger partial charge in [-0.3, -0.25) is 4.79 Å².